The number of thioether (sulfide) groups is 1. The monoisotopic (exact) mass is 369 g/mol. The first-order valence-electron chi connectivity index (χ1n) is 6.36. The molecule has 0 fully saturated rings. The van der Waals surface area contributed by atoms with Gasteiger partial charge in [0.25, 0.3) is 5.91 Å². The zero-order valence-electron chi connectivity index (χ0n) is 11.5. The van der Waals surface area contributed by atoms with Crippen molar-refractivity contribution in [2.45, 2.75) is 23.4 Å². The van der Waals surface area contributed by atoms with Crippen LogP contribution in [0.25, 0.3) is 0 Å². The van der Waals surface area contributed by atoms with Gasteiger partial charge in [-0.1, -0.05) is 34.5 Å². The van der Waals surface area contributed by atoms with Crippen LogP contribution in [0, 0.1) is 0 Å². The number of hydrogen-bond donors (Lipinski definition) is 1. The minimum Gasteiger partial charge on any atom is -0.296 e. The molecule has 3 heterocycles. The van der Waals surface area contributed by atoms with Crippen molar-refractivity contribution in [3.8, 4) is 0 Å². The highest BCUT2D eigenvalue weighted by molar-refractivity contribution is 8.00. The number of anilines is 1. The largest absolute Gasteiger partial charge is 0.296 e. The van der Waals surface area contributed by atoms with E-state index in [-0.39, 0.29) is 5.91 Å². The summed E-state index contributed by atoms with van der Waals surface area (Å²) in [6.45, 7) is 1.94. The van der Waals surface area contributed by atoms with Gasteiger partial charge in [-0.25, -0.2) is 0 Å². The van der Waals surface area contributed by atoms with E-state index in [2.05, 4.69) is 41.9 Å². The Bertz CT molecular complexity index is 751. The van der Waals surface area contributed by atoms with E-state index in [0.29, 0.717) is 22.1 Å². The average molecular weight is 370 g/mol. The summed E-state index contributed by atoms with van der Waals surface area (Å²) in [5, 5.41) is 19.4. The van der Waals surface area contributed by atoms with Crippen LogP contribution in [0.2, 0.25) is 0 Å². The van der Waals surface area contributed by atoms with Crippen molar-refractivity contribution < 1.29 is 4.79 Å². The topological polar surface area (TPSA) is 80.7 Å². The van der Waals surface area contributed by atoms with E-state index in [1.165, 1.54) is 16.9 Å². The highest BCUT2D eigenvalue weighted by atomic mass is 32.2. The van der Waals surface area contributed by atoms with Crippen molar-refractivity contribution in [1.82, 2.24) is 19.8 Å². The first kappa shape index (κ1) is 15.5. The third-order valence-electron chi connectivity index (χ3n) is 2.67. The molecule has 10 heteroatoms. The summed E-state index contributed by atoms with van der Waals surface area (Å²) < 4.78 is 4.65. The predicted molar refractivity (Wildman–Crippen MR) is 91.0 cm³/mol. The van der Waals surface area contributed by atoms with Crippen LogP contribution in [-0.2, 0) is 12.2 Å². The first-order chi connectivity index (χ1) is 10.8. The van der Waals surface area contributed by atoms with Gasteiger partial charge in [-0.15, -0.1) is 15.3 Å². The number of nitrogens with zero attached hydrogens (tertiary/aromatic N) is 4. The number of carbonyl (C=O) groups is 1. The van der Waals surface area contributed by atoms with Gasteiger partial charge in [-0.3, -0.25) is 10.1 Å². The zero-order valence-corrected chi connectivity index (χ0v) is 14.7. The van der Waals surface area contributed by atoms with Crippen molar-refractivity contribution >= 4 is 57.0 Å². The Balaban J connectivity index is 1.60. The van der Waals surface area contributed by atoms with Crippen LogP contribution in [0.5, 0.6) is 0 Å². The van der Waals surface area contributed by atoms with Crippen molar-refractivity contribution in [2.24, 2.45) is 0 Å². The number of aryl methyl sites for hydroxylation is 1. The molecule has 0 radical (unpaired) electrons. The third-order valence-corrected chi connectivity index (χ3v) is 6.21. The standard InChI is InChI=1S/C12H11N5OS4/c1-2-8-9(22-17-14-8)10(18)13-11-15-16-12(21-11)20-6-7-3-4-19-5-7/h3-5H,2,6H2,1H3,(H,13,15,18). The predicted octanol–water partition coefficient (Wildman–Crippen LogP) is 3.56. The van der Waals surface area contributed by atoms with Gasteiger partial charge in [-0.2, -0.15) is 11.3 Å². The molecule has 0 saturated carbocycles. The SMILES string of the molecule is CCc1nnsc1C(=O)Nc1nnc(SCc2ccsc2)s1. The molecular formula is C12H11N5OS4. The van der Waals surface area contributed by atoms with Crippen LogP contribution < -0.4 is 5.32 Å². The Kier molecular flexibility index (Phi) is 5.13. The molecule has 0 bridgehead atoms. The molecular weight excluding hydrogens is 358 g/mol. The molecule has 3 aromatic heterocycles. The van der Waals surface area contributed by atoms with E-state index in [1.54, 1.807) is 23.1 Å². The lowest BCUT2D eigenvalue weighted by Crippen LogP contribution is -2.12. The minimum atomic E-state index is -0.225. The summed E-state index contributed by atoms with van der Waals surface area (Å²) in [5.74, 6) is 0.627. The number of carbonyl (C=O) groups excluding carboxylic acids is 1. The van der Waals surface area contributed by atoms with Gasteiger partial charge in [0.05, 0.1) is 5.69 Å². The molecule has 0 saturated heterocycles. The lowest BCUT2D eigenvalue weighted by atomic mass is 10.3. The fourth-order valence-electron chi connectivity index (χ4n) is 1.60. The van der Waals surface area contributed by atoms with Crippen LogP contribution >= 0.6 is 46.0 Å². The van der Waals surface area contributed by atoms with E-state index in [1.807, 2.05) is 6.92 Å². The lowest BCUT2D eigenvalue weighted by Gasteiger charge is -1.98. The Morgan fingerprint density at radius 2 is 2.27 bits per heavy atom. The summed E-state index contributed by atoms with van der Waals surface area (Å²) in [4.78, 5) is 12.7. The Hall–Kier alpha value is -1.36. The van der Waals surface area contributed by atoms with Crippen molar-refractivity contribution in [3.05, 3.63) is 33.0 Å². The molecule has 6 nitrogen and oxygen atoms in total. The van der Waals surface area contributed by atoms with Crippen molar-refractivity contribution in [3.63, 3.8) is 0 Å². The maximum absolute atomic E-state index is 12.2. The second-order valence-corrected chi connectivity index (χ2v) is 7.88. The normalized spacial score (nSPS) is 10.8. The Morgan fingerprint density at radius 3 is 3.05 bits per heavy atom. The molecule has 3 aromatic rings. The van der Waals surface area contributed by atoms with E-state index in [4.69, 9.17) is 0 Å². The number of nitrogens with one attached hydrogen (secondary N) is 1. The molecule has 22 heavy (non-hydrogen) atoms. The van der Waals surface area contributed by atoms with Gasteiger partial charge >= 0.3 is 0 Å². The highest BCUT2D eigenvalue weighted by Crippen LogP contribution is 2.29. The molecule has 0 aliphatic carbocycles. The molecule has 1 amide bonds. The number of thiophene rings is 1. The molecule has 0 aliphatic rings. The van der Waals surface area contributed by atoms with Crippen LogP contribution in [0.3, 0.4) is 0 Å². The quantitative estimate of drug-likeness (QED) is 0.528. The van der Waals surface area contributed by atoms with Crippen LogP contribution in [0.1, 0.15) is 27.9 Å². The molecule has 0 spiro atoms. The Labute approximate surface area is 143 Å². The summed E-state index contributed by atoms with van der Waals surface area (Å²) >= 11 is 5.75. The number of aromatic nitrogens is 4. The summed E-state index contributed by atoms with van der Waals surface area (Å²) in [6, 6.07) is 2.09. The fraction of sp³-hybridized carbons (Fsp3) is 0.250. The maximum atomic E-state index is 12.2. The van der Waals surface area contributed by atoms with E-state index in [0.717, 1.165) is 21.6 Å². The minimum absolute atomic E-state index is 0.225. The Morgan fingerprint density at radius 1 is 1.36 bits per heavy atom. The van der Waals surface area contributed by atoms with Crippen molar-refractivity contribution in [1.29, 1.82) is 0 Å². The molecule has 0 aromatic carbocycles. The fourth-order valence-corrected chi connectivity index (χ4v) is 4.71. The second-order valence-electron chi connectivity index (χ2n) is 4.15. The molecule has 0 aliphatic heterocycles. The second kappa shape index (κ2) is 7.27. The molecule has 0 unspecified atom stereocenters. The van der Waals surface area contributed by atoms with Crippen LogP contribution in [0.4, 0.5) is 5.13 Å². The smallest absolute Gasteiger partial charge is 0.271 e. The van der Waals surface area contributed by atoms with Gasteiger partial charge in [0.15, 0.2) is 4.34 Å². The van der Waals surface area contributed by atoms with E-state index >= 15 is 0 Å². The third kappa shape index (κ3) is 3.69. The molecule has 3 rings (SSSR count). The molecule has 114 valence electrons. The highest BCUT2D eigenvalue weighted by Gasteiger charge is 2.17. The van der Waals surface area contributed by atoms with Gasteiger partial charge in [-0.05, 0) is 40.3 Å². The summed E-state index contributed by atoms with van der Waals surface area (Å²) in [5.41, 5.74) is 1.97. The zero-order chi connectivity index (χ0) is 15.4. The number of amides is 1. The van der Waals surface area contributed by atoms with E-state index in [9.17, 15) is 4.79 Å². The van der Waals surface area contributed by atoms with Gasteiger partial charge in [0.1, 0.15) is 4.88 Å². The van der Waals surface area contributed by atoms with Gasteiger partial charge in [0.2, 0.25) is 5.13 Å². The van der Waals surface area contributed by atoms with Crippen molar-refractivity contribution in [2.75, 3.05) is 5.32 Å². The molecule has 0 atom stereocenters. The first-order valence-corrected chi connectivity index (χ1v) is 9.88. The summed E-state index contributed by atoms with van der Waals surface area (Å²) in [7, 11) is 0. The van der Waals surface area contributed by atoms with Gasteiger partial charge in [0, 0.05) is 5.75 Å². The number of rotatable bonds is 6. The average Bonchev–Trinajstić information content (AvgIpc) is 3.26. The lowest BCUT2D eigenvalue weighted by molar-refractivity contribution is 0.102. The summed E-state index contributed by atoms with van der Waals surface area (Å²) in [6.07, 6.45) is 0.678. The van der Waals surface area contributed by atoms with Gasteiger partial charge < -0.3 is 0 Å². The van der Waals surface area contributed by atoms with Crippen LogP contribution in [0.15, 0.2) is 21.2 Å². The maximum Gasteiger partial charge on any atom is 0.271 e. The number of hydrogen-bond acceptors (Lipinski definition) is 9. The van der Waals surface area contributed by atoms with E-state index < -0.39 is 0 Å². The molecule has 1 N–H and O–H groups in total. The van der Waals surface area contributed by atoms with Crippen LogP contribution in [-0.4, -0.2) is 25.7 Å².